The van der Waals surface area contributed by atoms with Crippen molar-refractivity contribution in [3.05, 3.63) is 205 Å². The molecule has 0 bridgehead atoms. The molecule has 9 rings (SSSR count). The summed E-state index contributed by atoms with van der Waals surface area (Å²) in [5.74, 6) is 0. The van der Waals surface area contributed by atoms with Gasteiger partial charge in [-0.3, -0.25) is 0 Å². The Morgan fingerprint density at radius 1 is 0.308 bits per heavy atom. The largest absolute Gasteiger partial charge is 0.311 e. The molecule has 5 heteroatoms. The van der Waals surface area contributed by atoms with Crippen LogP contribution in [0.25, 0.3) is 40.4 Å². The van der Waals surface area contributed by atoms with Crippen LogP contribution in [0, 0.1) is 0 Å². The van der Waals surface area contributed by atoms with Crippen molar-refractivity contribution < 1.29 is 0 Å². The second-order valence-electron chi connectivity index (χ2n) is 16.8. The van der Waals surface area contributed by atoms with E-state index >= 15 is 0 Å². The Morgan fingerprint density at radius 2 is 0.631 bits per heavy atom. The zero-order valence-corrected chi connectivity index (χ0v) is 40.1. The highest BCUT2D eigenvalue weighted by Gasteiger charge is 2.20. The Labute approximate surface area is 399 Å². The zero-order valence-electron chi connectivity index (χ0n) is 37.7. The Balaban J connectivity index is 1.02. The number of benzene rings is 6. The molecule has 0 aliphatic carbocycles. The molecule has 0 N–H and O–H groups in total. The number of para-hydroxylation sites is 4. The van der Waals surface area contributed by atoms with Gasteiger partial charge in [-0.05, 0) is 145 Å². The Bertz CT molecular complexity index is 2550. The van der Waals surface area contributed by atoms with Crippen LogP contribution in [-0.4, -0.2) is 0 Å². The van der Waals surface area contributed by atoms with Gasteiger partial charge >= 0.3 is 0 Å². The fourth-order valence-corrected chi connectivity index (χ4v) is 12.5. The minimum Gasteiger partial charge on any atom is -0.311 e. The number of rotatable bonds is 20. The molecule has 3 aromatic heterocycles. The van der Waals surface area contributed by atoms with E-state index in [1.54, 1.807) is 0 Å². The van der Waals surface area contributed by atoms with Crippen molar-refractivity contribution >= 4 is 68.1 Å². The predicted octanol–water partition coefficient (Wildman–Crippen LogP) is 19.7. The first kappa shape index (κ1) is 44.2. The maximum Gasteiger partial charge on any atom is 0.0481 e. The molecule has 0 amide bonds. The molecule has 2 nitrogen and oxygen atoms in total. The molecule has 0 radical (unpaired) electrons. The van der Waals surface area contributed by atoms with Crippen molar-refractivity contribution in [2.45, 2.75) is 78.1 Å². The normalized spacial score (nSPS) is 11.2. The van der Waals surface area contributed by atoms with E-state index in [1.807, 2.05) is 34.0 Å². The maximum atomic E-state index is 2.50. The fraction of sp³-hybridized carbons (Fsp3) is 0.200. The average Bonchev–Trinajstić information content (AvgIpc) is 4.13. The van der Waals surface area contributed by atoms with Crippen LogP contribution < -0.4 is 9.80 Å². The van der Waals surface area contributed by atoms with Crippen LogP contribution in [0.1, 0.15) is 76.3 Å². The van der Waals surface area contributed by atoms with E-state index in [-0.39, 0.29) is 0 Å². The van der Waals surface area contributed by atoms with Crippen LogP contribution in [0.15, 0.2) is 194 Å². The molecule has 65 heavy (non-hydrogen) atoms. The summed E-state index contributed by atoms with van der Waals surface area (Å²) < 4.78 is 0. The summed E-state index contributed by atoms with van der Waals surface area (Å²) in [4.78, 5) is 13.0. The Kier molecular flexibility index (Phi) is 14.8. The second-order valence-corrected chi connectivity index (χ2v) is 20.0. The molecule has 9 aromatic rings. The van der Waals surface area contributed by atoms with E-state index in [1.165, 1.54) is 103 Å². The first-order valence-corrected chi connectivity index (χ1v) is 26.0. The lowest BCUT2D eigenvalue weighted by Gasteiger charge is -2.25. The van der Waals surface area contributed by atoms with Crippen LogP contribution in [0.5, 0.6) is 0 Å². The van der Waals surface area contributed by atoms with Gasteiger partial charge in [-0.1, -0.05) is 149 Å². The van der Waals surface area contributed by atoms with Gasteiger partial charge in [-0.25, -0.2) is 0 Å². The number of unbranched alkanes of at least 4 members (excludes halogenated alkanes) is 6. The molecule has 0 saturated heterocycles. The summed E-state index contributed by atoms with van der Waals surface area (Å²) in [5.41, 5.74) is 12.5. The predicted molar refractivity (Wildman–Crippen MR) is 287 cm³/mol. The summed E-state index contributed by atoms with van der Waals surface area (Å²) in [6.45, 7) is 4.60. The molecule has 0 unspecified atom stereocenters. The van der Waals surface area contributed by atoms with Crippen molar-refractivity contribution in [2.24, 2.45) is 0 Å². The molecular weight excluding hydrogens is 845 g/mol. The third-order valence-electron chi connectivity index (χ3n) is 12.1. The highest BCUT2D eigenvalue weighted by Crippen LogP contribution is 2.48. The molecule has 326 valence electrons. The second kappa shape index (κ2) is 21.8. The number of hydrogen-bond acceptors (Lipinski definition) is 5. The van der Waals surface area contributed by atoms with Crippen LogP contribution in [0.3, 0.4) is 0 Å². The third kappa shape index (κ3) is 10.6. The molecular formula is C60H58N2S3. The average molecular weight is 903 g/mol. The lowest BCUT2D eigenvalue weighted by atomic mass is 10.0. The van der Waals surface area contributed by atoms with Crippen LogP contribution >= 0.6 is 34.0 Å². The van der Waals surface area contributed by atoms with Crippen LogP contribution in [0.2, 0.25) is 0 Å². The van der Waals surface area contributed by atoms with Crippen molar-refractivity contribution in [1.82, 2.24) is 0 Å². The smallest absolute Gasteiger partial charge is 0.0481 e. The van der Waals surface area contributed by atoms with Crippen molar-refractivity contribution in [3.63, 3.8) is 0 Å². The minimum atomic E-state index is 1.11. The van der Waals surface area contributed by atoms with E-state index in [9.17, 15) is 0 Å². The standard InChI is InChI=1S/C60H58N2S3/c1-3-5-7-13-23-47-43-57(45-33-37-53(38-34-45)61(49-25-15-9-16-26-49)50-27-17-10-18-28-50)64-59(47)55-41-42-56(63-55)60-48(24-14-8-6-4-2)44-58(65-60)46-35-39-54(40-36-46)62(51-29-19-11-20-30-51)52-31-21-12-22-32-52/h9-12,15-22,25-44H,3-8,13-14,23-24H2,1-2H3. The number of hydrogen-bond donors (Lipinski definition) is 0. The summed E-state index contributed by atoms with van der Waals surface area (Å²) in [6, 6.07) is 70.9. The van der Waals surface area contributed by atoms with Crippen molar-refractivity contribution in [1.29, 1.82) is 0 Å². The lowest BCUT2D eigenvalue weighted by molar-refractivity contribution is 0.668. The van der Waals surface area contributed by atoms with Gasteiger partial charge in [0.1, 0.15) is 0 Å². The van der Waals surface area contributed by atoms with Gasteiger partial charge in [0.2, 0.25) is 0 Å². The molecule has 0 aliphatic heterocycles. The van der Waals surface area contributed by atoms with Crippen molar-refractivity contribution in [2.75, 3.05) is 9.80 Å². The SMILES string of the molecule is CCCCCCc1cc(-c2ccc(N(c3ccccc3)c3ccccc3)cc2)sc1-c1ccc(-c2sc(-c3ccc(N(c4ccccc4)c4ccccc4)cc3)cc2CCCCCC)s1. The lowest BCUT2D eigenvalue weighted by Crippen LogP contribution is -2.09. The first-order valence-electron chi connectivity index (χ1n) is 23.5. The van der Waals surface area contributed by atoms with Gasteiger partial charge in [0.15, 0.2) is 0 Å². The topological polar surface area (TPSA) is 6.48 Å². The van der Waals surface area contributed by atoms with E-state index < -0.39 is 0 Å². The minimum absolute atomic E-state index is 1.11. The molecule has 0 atom stereocenters. The van der Waals surface area contributed by atoms with E-state index in [0.717, 1.165) is 47.0 Å². The van der Waals surface area contributed by atoms with E-state index in [4.69, 9.17) is 0 Å². The van der Waals surface area contributed by atoms with E-state index in [2.05, 4.69) is 218 Å². The quantitative estimate of drug-likeness (QED) is 0.0703. The molecule has 0 saturated carbocycles. The van der Waals surface area contributed by atoms with E-state index in [0.29, 0.717) is 0 Å². The Morgan fingerprint density at radius 3 is 0.954 bits per heavy atom. The molecule has 3 heterocycles. The first-order chi connectivity index (χ1) is 32.2. The zero-order chi connectivity index (χ0) is 44.2. The van der Waals surface area contributed by atoms with Gasteiger partial charge in [0, 0.05) is 63.4 Å². The summed E-state index contributed by atoms with van der Waals surface area (Å²) in [6.07, 6.45) is 12.3. The summed E-state index contributed by atoms with van der Waals surface area (Å²) in [7, 11) is 0. The van der Waals surface area contributed by atoms with Gasteiger partial charge in [0.25, 0.3) is 0 Å². The number of anilines is 6. The molecule has 0 spiro atoms. The third-order valence-corrected chi connectivity index (χ3v) is 16.0. The maximum absolute atomic E-state index is 2.50. The Hall–Kier alpha value is -5.98. The van der Waals surface area contributed by atoms with Gasteiger partial charge in [0.05, 0.1) is 0 Å². The summed E-state index contributed by atoms with van der Waals surface area (Å²) in [5, 5.41) is 0. The van der Waals surface area contributed by atoms with Crippen molar-refractivity contribution in [3.8, 4) is 40.4 Å². The van der Waals surface area contributed by atoms with Gasteiger partial charge < -0.3 is 9.80 Å². The van der Waals surface area contributed by atoms with Gasteiger partial charge in [-0.2, -0.15) is 0 Å². The molecule has 0 aliphatic rings. The number of thiophene rings is 3. The number of aryl methyl sites for hydroxylation is 2. The summed E-state index contributed by atoms with van der Waals surface area (Å²) >= 11 is 5.92. The number of nitrogens with zero attached hydrogens (tertiary/aromatic N) is 2. The monoisotopic (exact) mass is 902 g/mol. The van der Waals surface area contributed by atoms with Crippen LogP contribution in [-0.2, 0) is 12.8 Å². The highest BCUT2D eigenvalue weighted by atomic mass is 32.1. The van der Waals surface area contributed by atoms with Gasteiger partial charge in [-0.15, -0.1) is 34.0 Å². The van der Waals surface area contributed by atoms with Crippen LogP contribution in [0.4, 0.5) is 34.1 Å². The fourth-order valence-electron chi connectivity index (χ4n) is 8.75. The molecule has 0 fully saturated rings. The molecule has 6 aromatic carbocycles. The highest BCUT2D eigenvalue weighted by molar-refractivity contribution is 7.28.